The van der Waals surface area contributed by atoms with Gasteiger partial charge >= 0.3 is 0 Å². The second kappa shape index (κ2) is 6.80. The van der Waals surface area contributed by atoms with Crippen LogP contribution in [0.3, 0.4) is 0 Å². The molecule has 5 nitrogen and oxygen atoms in total. The van der Waals surface area contributed by atoms with Crippen molar-refractivity contribution in [1.82, 2.24) is 5.32 Å². The van der Waals surface area contributed by atoms with Gasteiger partial charge in [0, 0.05) is 11.8 Å². The lowest BCUT2D eigenvalue weighted by molar-refractivity contribution is -0.115. The summed E-state index contributed by atoms with van der Waals surface area (Å²) in [7, 11) is 0. The van der Waals surface area contributed by atoms with Gasteiger partial charge in [-0.1, -0.05) is 12.8 Å². The molecule has 1 aliphatic carbocycles. The van der Waals surface area contributed by atoms with Gasteiger partial charge in [-0.3, -0.25) is 4.79 Å². The quantitative estimate of drug-likeness (QED) is 0.756. The van der Waals surface area contributed by atoms with E-state index in [1.54, 1.807) is 6.07 Å². The molecular weight excluding hydrogens is 268 g/mol. The van der Waals surface area contributed by atoms with Crippen molar-refractivity contribution in [2.75, 3.05) is 31.6 Å². The van der Waals surface area contributed by atoms with Gasteiger partial charge in [0.25, 0.3) is 0 Å². The molecule has 1 fully saturated rings. The number of hydrogen-bond acceptors (Lipinski definition) is 4. The molecule has 0 atom stereocenters. The van der Waals surface area contributed by atoms with Gasteiger partial charge in [0.2, 0.25) is 5.91 Å². The zero-order valence-electron chi connectivity index (χ0n) is 12.2. The summed E-state index contributed by atoms with van der Waals surface area (Å²) in [5.74, 6) is 2.35. The van der Waals surface area contributed by atoms with E-state index in [4.69, 9.17) is 9.47 Å². The maximum atomic E-state index is 11.8. The number of rotatable bonds is 7. The number of hydrogen-bond donors (Lipinski definition) is 2. The van der Waals surface area contributed by atoms with Crippen molar-refractivity contribution in [1.29, 1.82) is 0 Å². The van der Waals surface area contributed by atoms with Crippen LogP contribution in [0.15, 0.2) is 18.2 Å². The van der Waals surface area contributed by atoms with Gasteiger partial charge in [0.05, 0.1) is 6.54 Å². The number of carbonyl (C=O) groups is 1. The first-order chi connectivity index (χ1) is 10.3. The molecule has 5 heteroatoms. The van der Waals surface area contributed by atoms with Crippen LogP contribution >= 0.6 is 0 Å². The minimum atomic E-state index is -0.0295. The molecule has 21 heavy (non-hydrogen) atoms. The summed E-state index contributed by atoms with van der Waals surface area (Å²) in [6, 6.07) is 5.46. The standard InChI is InChI=1S/C16H22N2O3/c19-16(11-17-7-1-2-12-3-4-12)18-13-5-6-14-15(10-13)21-9-8-20-14/h5-6,10,12,17H,1-4,7-9,11H2,(H,18,19). The van der Waals surface area contributed by atoms with Crippen molar-refractivity contribution in [3.63, 3.8) is 0 Å². The molecule has 0 aromatic heterocycles. The van der Waals surface area contributed by atoms with Crippen molar-refractivity contribution < 1.29 is 14.3 Å². The van der Waals surface area contributed by atoms with E-state index in [0.29, 0.717) is 25.5 Å². The molecule has 3 rings (SSSR count). The fraction of sp³-hybridized carbons (Fsp3) is 0.562. The second-order valence-corrected chi connectivity index (χ2v) is 5.67. The Morgan fingerprint density at radius 2 is 2.00 bits per heavy atom. The van der Waals surface area contributed by atoms with Gasteiger partial charge in [-0.05, 0) is 37.4 Å². The second-order valence-electron chi connectivity index (χ2n) is 5.67. The Bertz CT molecular complexity index is 500. The number of carbonyl (C=O) groups excluding carboxylic acids is 1. The minimum Gasteiger partial charge on any atom is -0.486 e. The first kappa shape index (κ1) is 14.2. The average Bonchev–Trinajstić information content (AvgIpc) is 3.31. The van der Waals surface area contributed by atoms with Crippen LogP contribution in [0.2, 0.25) is 0 Å². The topological polar surface area (TPSA) is 59.6 Å². The van der Waals surface area contributed by atoms with Crippen LogP contribution in [0, 0.1) is 5.92 Å². The first-order valence-corrected chi connectivity index (χ1v) is 7.71. The summed E-state index contributed by atoms with van der Waals surface area (Å²) < 4.78 is 10.9. The maximum absolute atomic E-state index is 11.8. The molecule has 1 amide bonds. The highest BCUT2D eigenvalue weighted by Crippen LogP contribution is 2.33. The molecule has 114 valence electrons. The fourth-order valence-corrected chi connectivity index (χ4v) is 2.45. The third-order valence-corrected chi connectivity index (χ3v) is 3.77. The molecular formula is C16H22N2O3. The van der Waals surface area contributed by atoms with Crippen molar-refractivity contribution in [3.8, 4) is 11.5 Å². The molecule has 1 heterocycles. The monoisotopic (exact) mass is 290 g/mol. The van der Waals surface area contributed by atoms with Crippen molar-refractivity contribution in [2.24, 2.45) is 5.92 Å². The molecule has 0 radical (unpaired) electrons. The highest BCUT2D eigenvalue weighted by molar-refractivity contribution is 5.92. The molecule has 1 aromatic carbocycles. The van der Waals surface area contributed by atoms with Crippen LogP contribution in [0.4, 0.5) is 5.69 Å². The Balaban J connectivity index is 1.39. The Morgan fingerprint density at radius 3 is 2.81 bits per heavy atom. The maximum Gasteiger partial charge on any atom is 0.238 e. The fourth-order valence-electron chi connectivity index (χ4n) is 2.45. The summed E-state index contributed by atoms with van der Waals surface area (Å²) in [6.45, 7) is 2.38. The summed E-state index contributed by atoms with van der Waals surface area (Å²) >= 11 is 0. The highest BCUT2D eigenvalue weighted by atomic mass is 16.6. The van der Waals surface area contributed by atoms with Gasteiger partial charge in [-0.15, -0.1) is 0 Å². The lowest BCUT2D eigenvalue weighted by Gasteiger charge is -2.19. The zero-order valence-corrected chi connectivity index (χ0v) is 12.2. The summed E-state index contributed by atoms with van der Waals surface area (Å²) in [5, 5.41) is 6.05. The summed E-state index contributed by atoms with van der Waals surface area (Å²) in [6.07, 6.45) is 5.23. The van der Waals surface area contributed by atoms with E-state index >= 15 is 0 Å². The Kier molecular flexibility index (Phi) is 4.60. The Hall–Kier alpha value is -1.75. The average molecular weight is 290 g/mol. The molecule has 0 bridgehead atoms. The van der Waals surface area contributed by atoms with Crippen LogP contribution < -0.4 is 20.1 Å². The van der Waals surface area contributed by atoms with Gasteiger partial charge in [0.15, 0.2) is 11.5 Å². The lowest BCUT2D eigenvalue weighted by Crippen LogP contribution is -2.28. The summed E-state index contributed by atoms with van der Waals surface area (Å²) in [4.78, 5) is 11.8. The van der Waals surface area contributed by atoms with E-state index in [2.05, 4.69) is 10.6 Å². The van der Waals surface area contributed by atoms with Crippen LogP contribution in [0.5, 0.6) is 11.5 Å². The molecule has 1 aliphatic heterocycles. The van der Waals surface area contributed by atoms with Gasteiger partial charge in [0.1, 0.15) is 13.2 Å². The molecule has 2 N–H and O–H groups in total. The largest absolute Gasteiger partial charge is 0.486 e. The van der Waals surface area contributed by atoms with Crippen molar-refractivity contribution in [3.05, 3.63) is 18.2 Å². The normalized spacial score (nSPS) is 16.6. The SMILES string of the molecule is O=C(CNCCCC1CC1)Nc1ccc2c(c1)OCCO2. The van der Waals surface area contributed by atoms with Crippen molar-refractivity contribution >= 4 is 11.6 Å². The van der Waals surface area contributed by atoms with E-state index in [9.17, 15) is 4.79 Å². The number of anilines is 1. The van der Waals surface area contributed by atoms with Crippen LogP contribution in [0.25, 0.3) is 0 Å². The Labute approximate surface area is 125 Å². The van der Waals surface area contributed by atoms with Crippen molar-refractivity contribution in [2.45, 2.75) is 25.7 Å². The highest BCUT2D eigenvalue weighted by Gasteiger charge is 2.19. The summed E-state index contributed by atoms with van der Waals surface area (Å²) in [5.41, 5.74) is 0.740. The molecule has 0 spiro atoms. The first-order valence-electron chi connectivity index (χ1n) is 7.71. The molecule has 0 unspecified atom stereocenters. The number of amides is 1. The number of ether oxygens (including phenoxy) is 2. The third-order valence-electron chi connectivity index (χ3n) is 3.77. The van der Waals surface area contributed by atoms with Gasteiger partial charge in [-0.25, -0.2) is 0 Å². The van der Waals surface area contributed by atoms with Gasteiger partial charge in [-0.2, -0.15) is 0 Å². The van der Waals surface area contributed by atoms with E-state index in [0.717, 1.165) is 30.3 Å². The third kappa shape index (κ3) is 4.36. The molecule has 1 saturated carbocycles. The molecule has 0 saturated heterocycles. The molecule has 1 aromatic rings. The predicted octanol–water partition coefficient (Wildman–Crippen LogP) is 2.18. The minimum absolute atomic E-state index is 0.0295. The van der Waals surface area contributed by atoms with Gasteiger partial charge < -0.3 is 20.1 Å². The van der Waals surface area contributed by atoms with Crippen LogP contribution in [0.1, 0.15) is 25.7 Å². The van der Waals surface area contributed by atoms with E-state index < -0.39 is 0 Å². The van der Waals surface area contributed by atoms with Crippen LogP contribution in [-0.2, 0) is 4.79 Å². The zero-order chi connectivity index (χ0) is 14.5. The van der Waals surface area contributed by atoms with Crippen LogP contribution in [-0.4, -0.2) is 32.2 Å². The molecule has 2 aliphatic rings. The van der Waals surface area contributed by atoms with E-state index in [-0.39, 0.29) is 5.91 Å². The van der Waals surface area contributed by atoms with E-state index in [1.165, 1.54) is 19.3 Å². The predicted molar refractivity (Wildman–Crippen MR) is 80.9 cm³/mol. The lowest BCUT2D eigenvalue weighted by atomic mass is 10.2. The number of nitrogens with one attached hydrogen (secondary N) is 2. The number of fused-ring (bicyclic) bond motifs is 1. The Morgan fingerprint density at radius 1 is 1.19 bits per heavy atom. The van der Waals surface area contributed by atoms with E-state index in [1.807, 2.05) is 12.1 Å². The number of benzene rings is 1. The smallest absolute Gasteiger partial charge is 0.238 e.